The molecule has 5 nitrogen and oxygen atoms in total. The number of hydrogen-bond acceptors (Lipinski definition) is 6. The van der Waals surface area contributed by atoms with Crippen LogP contribution in [0.4, 0.5) is 11.6 Å². The van der Waals surface area contributed by atoms with Crippen molar-refractivity contribution in [2.24, 2.45) is 0 Å². The molecule has 0 aliphatic heterocycles. The topological polar surface area (TPSA) is 64.0 Å². The number of aryl methyl sites for hydroxylation is 1. The van der Waals surface area contributed by atoms with Crippen LogP contribution in [0, 0.1) is 6.92 Å². The van der Waals surface area contributed by atoms with Crippen LogP contribution in [-0.4, -0.2) is 28.4 Å². The number of fused-ring (bicyclic) bond motifs is 2. The molecule has 0 spiro atoms. The third-order valence-corrected chi connectivity index (χ3v) is 7.15. The fourth-order valence-corrected chi connectivity index (χ4v) is 5.11. The molecule has 2 aromatic heterocycles. The second-order valence-electron chi connectivity index (χ2n) is 7.74. The molecule has 2 heterocycles. The minimum absolute atomic E-state index is 0. The van der Waals surface area contributed by atoms with E-state index in [1.165, 1.54) is 33.0 Å². The summed E-state index contributed by atoms with van der Waals surface area (Å²) >= 11 is 3.49. The minimum Gasteiger partial charge on any atom is -0.326 e. The van der Waals surface area contributed by atoms with E-state index in [0.29, 0.717) is 12.1 Å². The summed E-state index contributed by atoms with van der Waals surface area (Å²) in [6.45, 7) is 4.27. The third-order valence-electron chi connectivity index (χ3n) is 5.39. The number of aromatic nitrogens is 2. The molecule has 3 aromatic carbocycles. The number of imidazole rings is 1. The zero-order chi connectivity index (χ0) is 24.1. The number of carbonyl (C=O) groups excluding carboxylic acids is 2. The van der Waals surface area contributed by atoms with Crippen LogP contribution in [0.25, 0.3) is 21.1 Å². The Morgan fingerprint density at radius 1 is 1.09 bits per heavy atom. The van der Waals surface area contributed by atoms with E-state index in [1.807, 2.05) is 18.2 Å². The van der Waals surface area contributed by atoms with Crippen LogP contribution in [-0.2, 0) is 11.3 Å². The maximum Gasteiger partial charge on any atom is 0.208 e. The number of hydrogen-bond donors (Lipinski definition) is 1. The van der Waals surface area contributed by atoms with E-state index in [9.17, 15) is 4.79 Å². The lowest BCUT2D eigenvalue weighted by atomic mass is 10.1. The number of benzene rings is 3. The van der Waals surface area contributed by atoms with Crippen molar-refractivity contribution < 1.29 is 11.0 Å². The van der Waals surface area contributed by atoms with Gasteiger partial charge in [0, 0.05) is 22.3 Å². The summed E-state index contributed by atoms with van der Waals surface area (Å²) in [6.07, 6.45) is 3.68. The summed E-state index contributed by atoms with van der Waals surface area (Å²) in [5.41, 5.74) is 5.94. The van der Waals surface area contributed by atoms with Gasteiger partial charge < -0.3 is 14.7 Å². The third kappa shape index (κ3) is 5.05. The molecule has 7 heteroatoms. The Morgan fingerprint density at radius 3 is 2.56 bits per heavy atom. The standard InChI is InChI=1S/C25H21N3OS2.C2H4O.H2/c1-16-3-10-24-21(11-16)18(15-31-24)13-28-23-9-4-17(14-29)12-22(23)27-25(28)26-19-5-7-20(30-2)8-6-19;1-2-3;/h3-12,14-15H,13H2,1-2H3,(H,26,27);2H,1H3;1H. The first-order valence-electron chi connectivity index (χ1n) is 10.8. The van der Waals surface area contributed by atoms with Gasteiger partial charge in [-0.25, -0.2) is 4.98 Å². The summed E-state index contributed by atoms with van der Waals surface area (Å²) < 4.78 is 3.48. The first-order chi connectivity index (χ1) is 16.6. The molecule has 0 fully saturated rings. The highest BCUT2D eigenvalue weighted by Crippen LogP contribution is 2.31. The van der Waals surface area contributed by atoms with Gasteiger partial charge in [0.25, 0.3) is 0 Å². The van der Waals surface area contributed by atoms with Crippen molar-refractivity contribution >= 4 is 68.4 Å². The van der Waals surface area contributed by atoms with E-state index in [1.54, 1.807) is 23.1 Å². The van der Waals surface area contributed by atoms with Gasteiger partial charge in [-0.15, -0.1) is 23.1 Å². The summed E-state index contributed by atoms with van der Waals surface area (Å²) in [5, 5.41) is 6.99. The van der Waals surface area contributed by atoms with Crippen LogP contribution in [0.15, 0.2) is 70.9 Å². The van der Waals surface area contributed by atoms with E-state index in [-0.39, 0.29) is 1.43 Å². The largest absolute Gasteiger partial charge is 0.326 e. The number of aldehydes is 2. The van der Waals surface area contributed by atoms with E-state index < -0.39 is 0 Å². The van der Waals surface area contributed by atoms with Crippen LogP contribution in [0.1, 0.15) is 29.8 Å². The predicted molar refractivity (Wildman–Crippen MR) is 146 cm³/mol. The zero-order valence-electron chi connectivity index (χ0n) is 19.2. The maximum absolute atomic E-state index is 11.3. The normalized spacial score (nSPS) is 10.7. The summed E-state index contributed by atoms with van der Waals surface area (Å²) in [4.78, 5) is 26.1. The van der Waals surface area contributed by atoms with Crippen LogP contribution in [0.3, 0.4) is 0 Å². The van der Waals surface area contributed by atoms with Gasteiger partial charge >= 0.3 is 0 Å². The number of thioether (sulfide) groups is 1. The highest BCUT2D eigenvalue weighted by atomic mass is 32.2. The molecular formula is C27H27N3O2S2. The number of rotatable bonds is 6. The van der Waals surface area contributed by atoms with Gasteiger partial charge in [-0.1, -0.05) is 17.7 Å². The van der Waals surface area contributed by atoms with E-state index in [0.717, 1.165) is 35.2 Å². The molecule has 5 rings (SSSR count). The van der Waals surface area contributed by atoms with Gasteiger partial charge in [0.05, 0.1) is 17.6 Å². The first-order valence-corrected chi connectivity index (χ1v) is 12.9. The monoisotopic (exact) mass is 489 g/mol. The lowest BCUT2D eigenvalue weighted by molar-refractivity contribution is -0.106. The van der Waals surface area contributed by atoms with Crippen LogP contribution in [0.5, 0.6) is 0 Å². The lowest BCUT2D eigenvalue weighted by Crippen LogP contribution is -2.05. The number of nitrogens with zero attached hydrogens (tertiary/aromatic N) is 2. The molecule has 174 valence electrons. The van der Waals surface area contributed by atoms with Gasteiger partial charge in [-0.2, -0.15) is 0 Å². The maximum atomic E-state index is 11.3. The van der Waals surface area contributed by atoms with Gasteiger partial charge in [0.2, 0.25) is 5.95 Å². The molecule has 1 N–H and O–H groups in total. The van der Waals surface area contributed by atoms with Crippen molar-refractivity contribution in [3.63, 3.8) is 0 Å². The SMILES string of the molecule is CC=O.CSc1ccc(Nc2nc3cc(C=O)ccc3n2Cc2csc3ccc(C)cc23)cc1.[HH]. The Labute approximate surface area is 208 Å². The predicted octanol–water partition coefficient (Wildman–Crippen LogP) is 7.34. The van der Waals surface area contributed by atoms with Crippen molar-refractivity contribution in [1.82, 2.24) is 9.55 Å². The number of thiophene rings is 1. The molecular weight excluding hydrogens is 462 g/mol. The highest BCUT2D eigenvalue weighted by Gasteiger charge is 2.14. The Morgan fingerprint density at radius 2 is 1.85 bits per heavy atom. The average Bonchev–Trinajstić information content (AvgIpc) is 3.40. The van der Waals surface area contributed by atoms with Crippen molar-refractivity contribution in [2.75, 3.05) is 11.6 Å². The van der Waals surface area contributed by atoms with Crippen molar-refractivity contribution in [3.05, 3.63) is 82.7 Å². The number of nitrogens with one attached hydrogen (secondary N) is 1. The molecule has 5 aromatic rings. The molecule has 0 aliphatic rings. The van der Waals surface area contributed by atoms with Gasteiger partial charge in [0.1, 0.15) is 12.6 Å². The second kappa shape index (κ2) is 10.7. The number of carbonyl (C=O) groups is 2. The van der Waals surface area contributed by atoms with Gasteiger partial charge in [-0.05, 0) is 85.0 Å². The van der Waals surface area contributed by atoms with E-state index in [4.69, 9.17) is 9.78 Å². The van der Waals surface area contributed by atoms with Gasteiger partial charge in [0.15, 0.2) is 0 Å². The Hall–Kier alpha value is -3.42. The molecule has 0 amide bonds. The molecule has 0 radical (unpaired) electrons. The number of anilines is 2. The van der Waals surface area contributed by atoms with Crippen LogP contribution < -0.4 is 5.32 Å². The fourth-order valence-electron chi connectivity index (χ4n) is 3.77. The molecule has 0 atom stereocenters. The van der Waals surface area contributed by atoms with Crippen molar-refractivity contribution in [1.29, 1.82) is 0 Å². The highest BCUT2D eigenvalue weighted by molar-refractivity contribution is 7.98. The summed E-state index contributed by atoms with van der Waals surface area (Å²) in [6, 6.07) is 20.6. The second-order valence-corrected chi connectivity index (χ2v) is 9.53. The van der Waals surface area contributed by atoms with Gasteiger partial charge in [-0.3, -0.25) is 4.79 Å². The molecule has 0 bridgehead atoms. The van der Waals surface area contributed by atoms with E-state index in [2.05, 4.69) is 70.9 Å². The average molecular weight is 490 g/mol. The molecule has 0 unspecified atom stereocenters. The Balaban J connectivity index is 0.000000815. The summed E-state index contributed by atoms with van der Waals surface area (Å²) in [5.74, 6) is 0.766. The summed E-state index contributed by atoms with van der Waals surface area (Å²) in [7, 11) is 0. The fraction of sp³-hybridized carbons (Fsp3) is 0.148. The Kier molecular flexibility index (Phi) is 7.45. The van der Waals surface area contributed by atoms with Crippen molar-refractivity contribution in [2.45, 2.75) is 25.3 Å². The molecule has 0 saturated carbocycles. The van der Waals surface area contributed by atoms with Crippen LogP contribution in [0.2, 0.25) is 0 Å². The van der Waals surface area contributed by atoms with E-state index >= 15 is 0 Å². The first kappa shape index (κ1) is 23.7. The Bertz CT molecular complexity index is 1460. The minimum atomic E-state index is 0. The smallest absolute Gasteiger partial charge is 0.208 e. The zero-order valence-corrected chi connectivity index (χ0v) is 20.9. The molecule has 0 aliphatic carbocycles. The van der Waals surface area contributed by atoms with Crippen LogP contribution >= 0.6 is 23.1 Å². The lowest BCUT2D eigenvalue weighted by Gasteiger charge is -2.11. The van der Waals surface area contributed by atoms with Crippen molar-refractivity contribution in [3.8, 4) is 0 Å². The molecule has 0 saturated heterocycles. The molecule has 34 heavy (non-hydrogen) atoms. The quantitative estimate of drug-likeness (QED) is 0.200.